The quantitative estimate of drug-likeness (QED) is 0.658. The van der Waals surface area contributed by atoms with Gasteiger partial charge in [-0.1, -0.05) is 54.6 Å². The van der Waals surface area contributed by atoms with Crippen LogP contribution in [0.2, 0.25) is 0 Å². The van der Waals surface area contributed by atoms with Gasteiger partial charge in [-0.15, -0.1) is 0 Å². The van der Waals surface area contributed by atoms with Gasteiger partial charge in [0.05, 0.1) is 5.56 Å². The number of carbonyl (C=O) groups is 1. The molecule has 0 aliphatic carbocycles. The summed E-state index contributed by atoms with van der Waals surface area (Å²) in [6.45, 7) is 2.20. The smallest absolute Gasteiger partial charge is 0.338 e. The molecule has 0 radical (unpaired) electrons. The number of fused-ring (bicyclic) bond motifs is 1. The second-order valence-corrected chi connectivity index (χ2v) is 5.07. The maximum atomic E-state index is 12.1. The average Bonchev–Trinajstić information content (AvgIpc) is 2.53. The summed E-state index contributed by atoms with van der Waals surface area (Å²) in [5.41, 5.74) is 2.55. The predicted molar refractivity (Wildman–Crippen MR) is 84.2 cm³/mol. The second-order valence-electron chi connectivity index (χ2n) is 5.07. The summed E-state index contributed by atoms with van der Waals surface area (Å²) >= 11 is 0. The number of aryl methyl sites for hydroxylation is 1. The molecule has 0 saturated heterocycles. The Bertz CT molecular complexity index is 790. The fourth-order valence-corrected chi connectivity index (χ4v) is 2.36. The Balaban J connectivity index is 1.74. The van der Waals surface area contributed by atoms with Crippen LogP contribution < -0.4 is 0 Å². The molecule has 0 fully saturated rings. The fraction of sp³-hybridized carbons (Fsp3) is 0.105. The third kappa shape index (κ3) is 2.95. The zero-order valence-corrected chi connectivity index (χ0v) is 11.9. The number of benzene rings is 3. The van der Waals surface area contributed by atoms with Crippen LogP contribution in [0, 0.1) is 6.92 Å². The molecule has 3 rings (SSSR count). The molecule has 2 nitrogen and oxygen atoms in total. The standard InChI is InChI=1S/C19H16O2/c1-14-6-2-5-9-18(14)19(20)21-13-15-10-11-16-7-3-4-8-17(16)12-15/h2-12H,13H2,1H3. The molecule has 0 spiro atoms. The molecule has 0 N–H and O–H groups in total. The lowest BCUT2D eigenvalue weighted by molar-refractivity contribution is 0.0472. The molecule has 0 aliphatic rings. The fourth-order valence-electron chi connectivity index (χ4n) is 2.36. The minimum absolute atomic E-state index is 0.277. The predicted octanol–water partition coefficient (Wildman–Crippen LogP) is 4.51. The second kappa shape index (κ2) is 5.80. The summed E-state index contributed by atoms with van der Waals surface area (Å²) in [6.07, 6.45) is 0. The van der Waals surface area contributed by atoms with E-state index in [-0.39, 0.29) is 12.6 Å². The van der Waals surface area contributed by atoms with Crippen molar-refractivity contribution in [2.45, 2.75) is 13.5 Å². The van der Waals surface area contributed by atoms with Gasteiger partial charge in [0, 0.05) is 0 Å². The first-order chi connectivity index (χ1) is 10.2. The van der Waals surface area contributed by atoms with Gasteiger partial charge in [0.25, 0.3) is 0 Å². The summed E-state index contributed by atoms with van der Waals surface area (Å²) in [4.78, 5) is 12.1. The first kappa shape index (κ1) is 13.4. The molecule has 0 aromatic heterocycles. The monoisotopic (exact) mass is 276 g/mol. The van der Waals surface area contributed by atoms with Crippen molar-refractivity contribution in [2.24, 2.45) is 0 Å². The van der Waals surface area contributed by atoms with Crippen LogP contribution in [0.5, 0.6) is 0 Å². The summed E-state index contributed by atoms with van der Waals surface area (Å²) in [6, 6.07) is 21.7. The van der Waals surface area contributed by atoms with E-state index in [1.165, 1.54) is 5.39 Å². The molecule has 0 amide bonds. The highest BCUT2D eigenvalue weighted by atomic mass is 16.5. The molecule has 3 aromatic carbocycles. The largest absolute Gasteiger partial charge is 0.457 e. The van der Waals surface area contributed by atoms with E-state index in [4.69, 9.17) is 4.74 Å². The molecular weight excluding hydrogens is 260 g/mol. The summed E-state index contributed by atoms with van der Waals surface area (Å²) in [7, 11) is 0. The van der Waals surface area contributed by atoms with Crippen molar-refractivity contribution in [3.8, 4) is 0 Å². The Hall–Kier alpha value is -2.61. The van der Waals surface area contributed by atoms with Gasteiger partial charge in [-0.05, 0) is 41.0 Å². The van der Waals surface area contributed by atoms with Crippen molar-refractivity contribution in [3.05, 3.63) is 83.4 Å². The number of ether oxygens (including phenoxy) is 1. The third-order valence-electron chi connectivity index (χ3n) is 3.55. The van der Waals surface area contributed by atoms with Crippen LogP contribution in [0.4, 0.5) is 0 Å². The van der Waals surface area contributed by atoms with E-state index < -0.39 is 0 Å². The molecule has 0 bridgehead atoms. The van der Waals surface area contributed by atoms with Crippen LogP contribution in [-0.4, -0.2) is 5.97 Å². The Labute approximate surface area is 124 Å². The van der Waals surface area contributed by atoms with Crippen LogP contribution in [0.15, 0.2) is 66.7 Å². The molecule has 0 saturated carbocycles. The molecule has 2 heteroatoms. The normalized spacial score (nSPS) is 10.5. The topological polar surface area (TPSA) is 26.3 Å². The van der Waals surface area contributed by atoms with Crippen LogP contribution in [0.3, 0.4) is 0 Å². The van der Waals surface area contributed by atoms with E-state index in [1.54, 1.807) is 6.07 Å². The van der Waals surface area contributed by atoms with Gasteiger partial charge in [-0.2, -0.15) is 0 Å². The highest BCUT2D eigenvalue weighted by molar-refractivity contribution is 5.91. The maximum absolute atomic E-state index is 12.1. The van der Waals surface area contributed by atoms with Crippen LogP contribution in [0.1, 0.15) is 21.5 Å². The van der Waals surface area contributed by atoms with Crippen LogP contribution in [0.25, 0.3) is 10.8 Å². The van der Waals surface area contributed by atoms with E-state index in [9.17, 15) is 4.79 Å². The lowest BCUT2D eigenvalue weighted by Crippen LogP contribution is -2.06. The Kier molecular flexibility index (Phi) is 3.69. The number of carbonyl (C=O) groups excluding carboxylic acids is 1. The zero-order chi connectivity index (χ0) is 14.7. The summed E-state index contributed by atoms with van der Waals surface area (Å²) < 4.78 is 5.40. The van der Waals surface area contributed by atoms with E-state index in [2.05, 4.69) is 18.2 Å². The van der Waals surface area contributed by atoms with E-state index in [0.717, 1.165) is 16.5 Å². The van der Waals surface area contributed by atoms with Gasteiger partial charge >= 0.3 is 5.97 Å². The van der Waals surface area contributed by atoms with Crippen LogP contribution in [-0.2, 0) is 11.3 Å². The Morgan fingerprint density at radius 2 is 1.62 bits per heavy atom. The number of hydrogen-bond acceptors (Lipinski definition) is 2. The van der Waals surface area contributed by atoms with Crippen molar-refractivity contribution in [1.82, 2.24) is 0 Å². The van der Waals surface area contributed by atoms with Crippen LogP contribution >= 0.6 is 0 Å². The molecule has 0 heterocycles. The molecule has 3 aromatic rings. The number of hydrogen-bond donors (Lipinski definition) is 0. The maximum Gasteiger partial charge on any atom is 0.338 e. The molecule has 104 valence electrons. The summed E-state index contributed by atoms with van der Waals surface area (Å²) in [5, 5.41) is 2.34. The van der Waals surface area contributed by atoms with E-state index in [0.29, 0.717) is 5.56 Å². The van der Waals surface area contributed by atoms with Gasteiger partial charge in [0.2, 0.25) is 0 Å². The molecule has 21 heavy (non-hydrogen) atoms. The molecule has 0 aliphatic heterocycles. The highest BCUT2D eigenvalue weighted by Gasteiger charge is 2.09. The minimum atomic E-state index is -0.277. The highest BCUT2D eigenvalue weighted by Crippen LogP contribution is 2.17. The van der Waals surface area contributed by atoms with Crippen molar-refractivity contribution < 1.29 is 9.53 Å². The Morgan fingerprint density at radius 1 is 0.905 bits per heavy atom. The van der Waals surface area contributed by atoms with Gasteiger partial charge < -0.3 is 4.74 Å². The lowest BCUT2D eigenvalue weighted by atomic mass is 10.1. The third-order valence-corrected chi connectivity index (χ3v) is 3.55. The van der Waals surface area contributed by atoms with Crippen molar-refractivity contribution in [3.63, 3.8) is 0 Å². The minimum Gasteiger partial charge on any atom is -0.457 e. The molecule has 0 unspecified atom stereocenters. The van der Waals surface area contributed by atoms with Crippen molar-refractivity contribution in [1.29, 1.82) is 0 Å². The number of rotatable bonds is 3. The van der Waals surface area contributed by atoms with E-state index >= 15 is 0 Å². The Morgan fingerprint density at radius 3 is 2.43 bits per heavy atom. The van der Waals surface area contributed by atoms with Crippen molar-refractivity contribution >= 4 is 16.7 Å². The average molecular weight is 276 g/mol. The van der Waals surface area contributed by atoms with Crippen molar-refractivity contribution in [2.75, 3.05) is 0 Å². The van der Waals surface area contributed by atoms with Gasteiger partial charge in [-0.3, -0.25) is 0 Å². The summed E-state index contributed by atoms with van der Waals surface area (Å²) in [5.74, 6) is -0.277. The SMILES string of the molecule is Cc1ccccc1C(=O)OCc1ccc2ccccc2c1. The van der Waals surface area contributed by atoms with E-state index in [1.807, 2.05) is 49.4 Å². The molecular formula is C19H16O2. The molecule has 0 atom stereocenters. The van der Waals surface area contributed by atoms with Gasteiger partial charge in [0.15, 0.2) is 0 Å². The lowest BCUT2D eigenvalue weighted by Gasteiger charge is -2.08. The zero-order valence-electron chi connectivity index (χ0n) is 11.9. The first-order valence-electron chi connectivity index (χ1n) is 6.94. The van der Waals surface area contributed by atoms with Gasteiger partial charge in [0.1, 0.15) is 6.61 Å². The first-order valence-corrected chi connectivity index (χ1v) is 6.94. The number of esters is 1. The van der Waals surface area contributed by atoms with Gasteiger partial charge in [-0.25, -0.2) is 4.79 Å².